The van der Waals surface area contributed by atoms with E-state index in [9.17, 15) is 9.59 Å². The van der Waals surface area contributed by atoms with E-state index < -0.39 is 5.92 Å². The minimum atomic E-state index is -0.677. The van der Waals surface area contributed by atoms with Gasteiger partial charge >= 0.3 is 0 Å². The quantitative estimate of drug-likeness (QED) is 0.192. The summed E-state index contributed by atoms with van der Waals surface area (Å²) < 4.78 is 16.3. The molecule has 0 spiro atoms. The molecule has 0 bridgehead atoms. The number of carbonyl (C=O) groups excluding carboxylic acids is 2. The summed E-state index contributed by atoms with van der Waals surface area (Å²) >= 11 is 3.29. The number of ether oxygens (including phenoxy) is 3. The molecule has 0 N–H and O–H groups in total. The van der Waals surface area contributed by atoms with Crippen LogP contribution < -0.4 is 0 Å². The van der Waals surface area contributed by atoms with Crippen molar-refractivity contribution in [2.24, 2.45) is 5.92 Å². The third kappa shape index (κ3) is 11.0. The molecule has 8 heteroatoms. The van der Waals surface area contributed by atoms with E-state index >= 15 is 0 Å². The Labute approximate surface area is 172 Å². The predicted octanol–water partition coefficient (Wildman–Crippen LogP) is 2.17. The largest absolute Gasteiger partial charge is 0.379 e. The summed E-state index contributed by atoms with van der Waals surface area (Å²) in [7, 11) is 0. The van der Waals surface area contributed by atoms with Gasteiger partial charge in [-0.3, -0.25) is 9.59 Å². The van der Waals surface area contributed by atoms with E-state index in [1.807, 2.05) is 27.7 Å². The molecule has 7 nitrogen and oxygen atoms in total. The average molecular weight is 453 g/mol. The Balaban J connectivity index is 4.36. The lowest BCUT2D eigenvalue weighted by Crippen LogP contribution is -2.45. The van der Waals surface area contributed by atoms with E-state index in [-0.39, 0.29) is 11.8 Å². The SMILES string of the molecule is CCN(CC)C(=O)C(CCOCCOCCOCCBr)C(=O)N(CC)CC. The van der Waals surface area contributed by atoms with Crippen LogP contribution in [0.15, 0.2) is 0 Å². The number of nitrogens with zero attached hydrogens (tertiary/aromatic N) is 2. The van der Waals surface area contributed by atoms with Crippen LogP contribution in [0.1, 0.15) is 34.1 Å². The Kier molecular flexibility index (Phi) is 17.0. The topological polar surface area (TPSA) is 68.3 Å². The molecule has 0 aromatic heterocycles. The molecule has 0 aliphatic carbocycles. The number of hydrogen-bond donors (Lipinski definition) is 0. The Morgan fingerprint density at radius 3 is 1.44 bits per heavy atom. The van der Waals surface area contributed by atoms with Crippen LogP contribution in [0.5, 0.6) is 0 Å². The first-order valence-electron chi connectivity index (χ1n) is 9.93. The molecule has 0 heterocycles. The number of rotatable bonds is 17. The molecule has 27 heavy (non-hydrogen) atoms. The highest BCUT2D eigenvalue weighted by atomic mass is 79.9. The first-order chi connectivity index (χ1) is 13.1. The second-order valence-electron chi connectivity index (χ2n) is 5.89. The highest BCUT2D eigenvalue weighted by Crippen LogP contribution is 2.13. The highest BCUT2D eigenvalue weighted by Gasteiger charge is 2.31. The first-order valence-corrected chi connectivity index (χ1v) is 11.1. The smallest absolute Gasteiger partial charge is 0.235 e. The minimum absolute atomic E-state index is 0.110. The lowest BCUT2D eigenvalue weighted by Gasteiger charge is -2.28. The van der Waals surface area contributed by atoms with Gasteiger partial charge in [-0.1, -0.05) is 15.9 Å². The molecule has 0 aromatic rings. The molecule has 0 unspecified atom stereocenters. The standard InChI is InChI=1S/C19H37BrN2O5/c1-5-21(6-2)18(23)17(19(24)22(7-3)8-4)9-11-25-13-15-27-16-14-26-12-10-20/h17H,5-16H2,1-4H3. The normalized spacial score (nSPS) is 11.0. The van der Waals surface area contributed by atoms with Gasteiger partial charge in [0.15, 0.2) is 0 Å². The van der Waals surface area contributed by atoms with E-state index in [1.54, 1.807) is 9.80 Å². The summed E-state index contributed by atoms with van der Waals surface area (Å²) in [6.07, 6.45) is 0.388. The molecule has 160 valence electrons. The van der Waals surface area contributed by atoms with Gasteiger partial charge in [0.05, 0.1) is 33.0 Å². The van der Waals surface area contributed by atoms with Crippen molar-refractivity contribution in [1.82, 2.24) is 9.80 Å². The first kappa shape index (κ1) is 26.3. The van der Waals surface area contributed by atoms with Crippen molar-refractivity contribution < 1.29 is 23.8 Å². The van der Waals surface area contributed by atoms with Crippen molar-refractivity contribution in [3.8, 4) is 0 Å². The van der Waals surface area contributed by atoms with Gasteiger partial charge in [0.1, 0.15) is 5.92 Å². The average Bonchev–Trinajstić information content (AvgIpc) is 2.67. The third-order valence-electron chi connectivity index (χ3n) is 4.26. The maximum atomic E-state index is 12.8. The van der Waals surface area contributed by atoms with Gasteiger partial charge in [-0.05, 0) is 34.1 Å². The van der Waals surface area contributed by atoms with Crippen LogP contribution in [0.25, 0.3) is 0 Å². The monoisotopic (exact) mass is 452 g/mol. The van der Waals surface area contributed by atoms with Crippen molar-refractivity contribution in [1.29, 1.82) is 0 Å². The fraction of sp³-hybridized carbons (Fsp3) is 0.895. The fourth-order valence-corrected chi connectivity index (χ4v) is 2.89. The Hall–Kier alpha value is -0.700. The zero-order valence-electron chi connectivity index (χ0n) is 17.4. The zero-order valence-corrected chi connectivity index (χ0v) is 19.0. The van der Waals surface area contributed by atoms with E-state index in [4.69, 9.17) is 14.2 Å². The molecular formula is C19H37BrN2O5. The molecule has 0 aliphatic rings. The summed E-state index contributed by atoms with van der Waals surface area (Å²) in [5.74, 6) is -0.898. The number of halogens is 1. The van der Waals surface area contributed by atoms with Crippen LogP contribution in [0.4, 0.5) is 0 Å². The third-order valence-corrected chi connectivity index (χ3v) is 4.59. The lowest BCUT2D eigenvalue weighted by molar-refractivity contribution is -0.147. The summed E-state index contributed by atoms with van der Waals surface area (Å²) in [5.41, 5.74) is 0. The summed E-state index contributed by atoms with van der Waals surface area (Å²) in [5, 5.41) is 0.815. The van der Waals surface area contributed by atoms with E-state index in [1.165, 1.54) is 0 Å². The molecule has 0 aliphatic heterocycles. The number of alkyl halides is 1. The zero-order chi connectivity index (χ0) is 20.5. The summed E-state index contributed by atoms with van der Waals surface area (Å²) in [6, 6.07) is 0. The van der Waals surface area contributed by atoms with E-state index in [2.05, 4.69) is 15.9 Å². The van der Waals surface area contributed by atoms with Crippen LogP contribution in [-0.2, 0) is 23.8 Å². The molecular weight excluding hydrogens is 416 g/mol. The maximum absolute atomic E-state index is 12.8. The van der Waals surface area contributed by atoms with Gasteiger partial charge in [0.25, 0.3) is 0 Å². The Morgan fingerprint density at radius 2 is 1.07 bits per heavy atom. The van der Waals surface area contributed by atoms with Crippen LogP contribution >= 0.6 is 15.9 Å². The van der Waals surface area contributed by atoms with Crippen molar-refractivity contribution in [3.63, 3.8) is 0 Å². The second-order valence-corrected chi connectivity index (χ2v) is 6.68. The Bertz CT molecular complexity index is 366. The van der Waals surface area contributed by atoms with Gasteiger partial charge in [0, 0.05) is 38.1 Å². The minimum Gasteiger partial charge on any atom is -0.379 e. The van der Waals surface area contributed by atoms with Gasteiger partial charge < -0.3 is 24.0 Å². The van der Waals surface area contributed by atoms with Crippen LogP contribution in [0.3, 0.4) is 0 Å². The fourth-order valence-electron chi connectivity index (χ4n) is 2.66. The number of hydrogen-bond acceptors (Lipinski definition) is 5. The molecule has 2 amide bonds. The van der Waals surface area contributed by atoms with Crippen molar-refractivity contribution in [2.75, 3.05) is 71.2 Å². The van der Waals surface area contributed by atoms with Gasteiger partial charge in [-0.15, -0.1) is 0 Å². The molecule has 0 radical (unpaired) electrons. The summed E-state index contributed by atoms with van der Waals surface area (Å²) in [4.78, 5) is 28.9. The summed E-state index contributed by atoms with van der Waals surface area (Å²) in [6.45, 7) is 13.1. The van der Waals surface area contributed by atoms with E-state index in [0.29, 0.717) is 72.2 Å². The van der Waals surface area contributed by atoms with Gasteiger partial charge in [-0.2, -0.15) is 0 Å². The van der Waals surface area contributed by atoms with Crippen molar-refractivity contribution >= 4 is 27.7 Å². The van der Waals surface area contributed by atoms with Crippen molar-refractivity contribution in [2.45, 2.75) is 34.1 Å². The molecule has 0 rings (SSSR count). The van der Waals surface area contributed by atoms with Gasteiger partial charge in [0.2, 0.25) is 11.8 Å². The van der Waals surface area contributed by atoms with Crippen LogP contribution in [0, 0.1) is 5.92 Å². The number of carbonyl (C=O) groups is 2. The maximum Gasteiger partial charge on any atom is 0.235 e. The molecule has 0 saturated carbocycles. The predicted molar refractivity (Wildman–Crippen MR) is 110 cm³/mol. The second kappa shape index (κ2) is 17.4. The molecule has 0 fully saturated rings. The number of amides is 2. The van der Waals surface area contributed by atoms with Gasteiger partial charge in [-0.25, -0.2) is 0 Å². The van der Waals surface area contributed by atoms with E-state index in [0.717, 1.165) is 5.33 Å². The molecule has 0 atom stereocenters. The Morgan fingerprint density at radius 1 is 0.704 bits per heavy atom. The molecule has 0 aromatic carbocycles. The molecule has 0 saturated heterocycles. The van der Waals surface area contributed by atoms with Crippen LogP contribution in [0.2, 0.25) is 0 Å². The van der Waals surface area contributed by atoms with Crippen molar-refractivity contribution in [3.05, 3.63) is 0 Å². The lowest BCUT2D eigenvalue weighted by atomic mass is 10.0. The highest BCUT2D eigenvalue weighted by molar-refractivity contribution is 9.09. The van der Waals surface area contributed by atoms with Crippen LogP contribution in [-0.4, -0.2) is 92.8 Å².